The number of ether oxygens (including phenoxy) is 1. The fourth-order valence-corrected chi connectivity index (χ4v) is 0.728. The van der Waals surface area contributed by atoms with Crippen molar-refractivity contribution in [1.29, 1.82) is 10.5 Å². The molecule has 0 aromatic carbocycles. The highest BCUT2D eigenvalue weighted by Gasteiger charge is 2.02. The van der Waals surface area contributed by atoms with Gasteiger partial charge in [0.1, 0.15) is 17.7 Å². The molecule has 1 N–H and O–H groups in total. The number of hydrogen-bond acceptors (Lipinski definition) is 4. The second kappa shape index (κ2) is 5.68. The average Bonchev–Trinajstić information content (AvgIpc) is 2.17. The third-order valence-corrected chi connectivity index (χ3v) is 1.43. The molecule has 0 heterocycles. The molecule has 0 atom stereocenters. The summed E-state index contributed by atoms with van der Waals surface area (Å²) in [6.45, 7) is 1.78. The first-order chi connectivity index (χ1) is 6.19. The van der Waals surface area contributed by atoms with Gasteiger partial charge in [-0.1, -0.05) is 6.92 Å². The number of nitriles is 2. The number of rotatable bonds is 3. The van der Waals surface area contributed by atoms with E-state index < -0.39 is 0 Å². The van der Waals surface area contributed by atoms with Crippen LogP contribution in [0, 0.1) is 22.7 Å². The predicted molar refractivity (Wildman–Crippen MR) is 46.3 cm³/mol. The Morgan fingerprint density at radius 2 is 2.00 bits per heavy atom. The minimum absolute atomic E-state index is 0.00824. The summed E-state index contributed by atoms with van der Waals surface area (Å²) in [5.41, 5.74) is 0.454. The number of allylic oxidation sites excluding steroid dienone is 3. The molecule has 4 heteroatoms. The topological polar surface area (TPSA) is 77.0 Å². The van der Waals surface area contributed by atoms with E-state index in [1.807, 2.05) is 0 Å². The van der Waals surface area contributed by atoms with Gasteiger partial charge in [-0.2, -0.15) is 10.5 Å². The molecule has 0 bridgehead atoms. The van der Waals surface area contributed by atoms with Crippen LogP contribution in [-0.4, -0.2) is 12.2 Å². The van der Waals surface area contributed by atoms with E-state index in [1.54, 1.807) is 19.1 Å². The molecule has 0 aromatic heterocycles. The first kappa shape index (κ1) is 11.1. The van der Waals surface area contributed by atoms with E-state index in [4.69, 9.17) is 15.6 Å². The normalized spacial score (nSPS) is 9.69. The Morgan fingerprint density at radius 3 is 2.31 bits per heavy atom. The van der Waals surface area contributed by atoms with E-state index in [2.05, 4.69) is 4.74 Å². The maximum absolute atomic E-state index is 8.99. The maximum Gasteiger partial charge on any atom is 0.276 e. The first-order valence-electron chi connectivity index (χ1n) is 3.67. The maximum atomic E-state index is 8.99. The lowest BCUT2D eigenvalue weighted by atomic mass is 10.1. The lowest BCUT2D eigenvalue weighted by molar-refractivity contribution is 0.136. The molecule has 0 spiro atoms. The van der Waals surface area contributed by atoms with Crippen molar-refractivity contribution in [3.63, 3.8) is 0 Å². The Hall–Kier alpha value is -1.94. The van der Waals surface area contributed by atoms with Gasteiger partial charge in [0.25, 0.3) is 5.95 Å². The van der Waals surface area contributed by atoms with Crippen LogP contribution in [0.4, 0.5) is 0 Å². The van der Waals surface area contributed by atoms with E-state index >= 15 is 0 Å². The molecule has 0 aliphatic heterocycles. The molecular weight excluding hydrogens is 168 g/mol. The van der Waals surface area contributed by atoms with Crippen molar-refractivity contribution in [3.8, 4) is 12.1 Å². The van der Waals surface area contributed by atoms with E-state index in [9.17, 15) is 0 Å². The molecule has 0 aliphatic rings. The van der Waals surface area contributed by atoms with Crippen LogP contribution < -0.4 is 0 Å². The van der Waals surface area contributed by atoms with Gasteiger partial charge in [0.05, 0.1) is 7.11 Å². The Morgan fingerprint density at radius 1 is 1.46 bits per heavy atom. The minimum atomic E-state index is -0.306. The summed E-state index contributed by atoms with van der Waals surface area (Å²) in [5, 5.41) is 26.0. The Kier molecular flexibility index (Phi) is 4.83. The van der Waals surface area contributed by atoms with Gasteiger partial charge >= 0.3 is 0 Å². The number of methoxy groups -OCH3 is 1. The van der Waals surface area contributed by atoms with Crippen LogP contribution in [0.5, 0.6) is 0 Å². The summed E-state index contributed by atoms with van der Waals surface area (Å²) < 4.78 is 4.49. The molecule has 0 aliphatic carbocycles. The number of aliphatic hydroxyl groups excluding tert-OH is 1. The smallest absolute Gasteiger partial charge is 0.276 e. The van der Waals surface area contributed by atoms with E-state index in [0.29, 0.717) is 12.0 Å². The number of aliphatic hydroxyl groups is 1. The zero-order chi connectivity index (χ0) is 10.3. The van der Waals surface area contributed by atoms with Gasteiger partial charge in [-0.05, 0) is 12.0 Å². The summed E-state index contributed by atoms with van der Waals surface area (Å²) >= 11 is 0. The minimum Gasteiger partial charge on any atom is -0.481 e. The van der Waals surface area contributed by atoms with Gasteiger partial charge in [0, 0.05) is 6.08 Å². The standard InChI is InChI=1S/C9H10N2O2/c1-3-7(4-9(12)13-2)8(5-10)6-11/h4,12H,3H2,1-2H3. The van der Waals surface area contributed by atoms with Crippen molar-refractivity contribution in [2.24, 2.45) is 0 Å². The largest absolute Gasteiger partial charge is 0.481 e. The SMILES string of the molecule is CCC(C=C(O)OC)=C(C#N)C#N. The molecule has 68 valence electrons. The summed E-state index contributed by atoms with van der Waals surface area (Å²) in [6.07, 6.45) is 1.76. The summed E-state index contributed by atoms with van der Waals surface area (Å²) in [4.78, 5) is 0. The van der Waals surface area contributed by atoms with Crippen LogP contribution in [0.2, 0.25) is 0 Å². The second-order valence-corrected chi connectivity index (χ2v) is 2.16. The fourth-order valence-electron chi connectivity index (χ4n) is 0.728. The summed E-state index contributed by atoms with van der Waals surface area (Å²) in [6, 6.07) is 3.48. The van der Waals surface area contributed by atoms with E-state index in [1.165, 1.54) is 13.2 Å². The van der Waals surface area contributed by atoms with Crippen molar-refractivity contribution in [3.05, 3.63) is 23.2 Å². The highest BCUT2D eigenvalue weighted by molar-refractivity contribution is 5.44. The molecule has 0 rings (SSSR count). The van der Waals surface area contributed by atoms with Gasteiger partial charge in [0.2, 0.25) is 0 Å². The monoisotopic (exact) mass is 178 g/mol. The Bertz CT molecular complexity index is 299. The molecule has 0 saturated heterocycles. The van der Waals surface area contributed by atoms with E-state index in [0.717, 1.165) is 0 Å². The van der Waals surface area contributed by atoms with Gasteiger partial charge < -0.3 is 9.84 Å². The van der Waals surface area contributed by atoms with Crippen LogP contribution >= 0.6 is 0 Å². The molecule has 4 nitrogen and oxygen atoms in total. The molecule has 13 heavy (non-hydrogen) atoms. The van der Waals surface area contributed by atoms with Crippen molar-refractivity contribution in [2.75, 3.05) is 7.11 Å². The molecule has 0 aromatic rings. The van der Waals surface area contributed by atoms with Crippen LogP contribution in [0.3, 0.4) is 0 Å². The van der Waals surface area contributed by atoms with Gasteiger partial charge in [-0.3, -0.25) is 0 Å². The molecule has 0 unspecified atom stereocenters. The number of nitrogens with zero attached hydrogens (tertiary/aromatic N) is 2. The zero-order valence-electron chi connectivity index (χ0n) is 7.53. The molecular formula is C9H10N2O2. The van der Waals surface area contributed by atoms with Crippen LogP contribution in [0.25, 0.3) is 0 Å². The Labute approximate surface area is 77.0 Å². The quantitative estimate of drug-likeness (QED) is 0.406. The highest BCUT2D eigenvalue weighted by atomic mass is 16.6. The fraction of sp³-hybridized carbons (Fsp3) is 0.333. The summed E-state index contributed by atoms with van der Waals surface area (Å²) in [5.74, 6) is -0.306. The zero-order valence-corrected chi connectivity index (χ0v) is 7.53. The van der Waals surface area contributed by atoms with Crippen LogP contribution in [-0.2, 0) is 4.74 Å². The first-order valence-corrected chi connectivity index (χ1v) is 3.67. The highest BCUT2D eigenvalue weighted by Crippen LogP contribution is 2.11. The van der Waals surface area contributed by atoms with Crippen molar-refractivity contribution in [1.82, 2.24) is 0 Å². The third kappa shape index (κ3) is 3.31. The van der Waals surface area contributed by atoms with E-state index in [-0.39, 0.29) is 11.5 Å². The molecule has 0 saturated carbocycles. The van der Waals surface area contributed by atoms with Crippen molar-refractivity contribution >= 4 is 0 Å². The predicted octanol–water partition coefficient (Wildman–Crippen LogP) is 1.79. The van der Waals surface area contributed by atoms with Crippen LogP contribution in [0.1, 0.15) is 13.3 Å². The van der Waals surface area contributed by atoms with Gasteiger partial charge in [0.15, 0.2) is 0 Å². The number of hydrogen-bond donors (Lipinski definition) is 1. The lowest BCUT2D eigenvalue weighted by Gasteiger charge is -1.99. The van der Waals surface area contributed by atoms with Gasteiger partial charge in [-0.25, -0.2) is 0 Å². The molecule has 0 amide bonds. The molecule has 0 radical (unpaired) electrons. The average molecular weight is 178 g/mol. The van der Waals surface area contributed by atoms with Gasteiger partial charge in [-0.15, -0.1) is 0 Å². The lowest BCUT2D eigenvalue weighted by Crippen LogP contribution is -1.89. The third-order valence-electron chi connectivity index (χ3n) is 1.43. The Balaban J connectivity index is 5.04. The van der Waals surface area contributed by atoms with Crippen LogP contribution in [0.15, 0.2) is 23.2 Å². The van der Waals surface area contributed by atoms with Crippen molar-refractivity contribution < 1.29 is 9.84 Å². The summed E-state index contributed by atoms with van der Waals surface area (Å²) in [7, 11) is 1.30. The molecule has 0 fully saturated rings. The second-order valence-electron chi connectivity index (χ2n) is 2.16. The van der Waals surface area contributed by atoms with Crippen molar-refractivity contribution in [2.45, 2.75) is 13.3 Å².